The lowest BCUT2D eigenvalue weighted by atomic mass is 10.0. The van der Waals surface area contributed by atoms with Crippen molar-refractivity contribution in [2.45, 2.75) is 25.9 Å². The summed E-state index contributed by atoms with van der Waals surface area (Å²) in [6, 6.07) is 6.58. The molecule has 0 bridgehead atoms. The highest BCUT2D eigenvalue weighted by Crippen LogP contribution is 2.27. The van der Waals surface area contributed by atoms with Crippen LogP contribution < -0.4 is 10.5 Å². The lowest BCUT2D eigenvalue weighted by Gasteiger charge is -2.18. The van der Waals surface area contributed by atoms with E-state index < -0.39 is 0 Å². The number of likely N-dealkylation sites (tertiary alicyclic amines) is 1. The van der Waals surface area contributed by atoms with Crippen LogP contribution in [0.25, 0.3) is 0 Å². The van der Waals surface area contributed by atoms with E-state index in [1.165, 1.54) is 12.0 Å². The number of ether oxygens (including phenoxy) is 1. The van der Waals surface area contributed by atoms with Gasteiger partial charge in [0.2, 0.25) is 0 Å². The van der Waals surface area contributed by atoms with Gasteiger partial charge in [-0.3, -0.25) is 4.90 Å². The Kier molecular flexibility index (Phi) is 4.65. The van der Waals surface area contributed by atoms with E-state index in [4.69, 9.17) is 10.5 Å². The van der Waals surface area contributed by atoms with Crippen LogP contribution in [0.4, 0.5) is 0 Å². The summed E-state index contributed by atoms with van der Waals surface area (Å²) >= 11 is 3.53. The second-order valence-electron chi connectivity index (χ2n) is 5.11. The van der Waals surface area contributed by atoms with Crippen molar-refractivity contribution in [1.29, 1.82) is 0 Å². The molecule has 0 spiro atoms. The Labute approximate surface area is 117 Å². The van der Waals surface area contributed by atoms with Crippen LogP contribution in [-0.4, -0.2) is 31.1 Å². The molecule has 1 aliphatic heterocycles. The van der Waals surface area contributed by atoms with Crippen molar-refractivity contribution < 1.29 is 4.74 Å². The Morgan fingerprint density at radius 2 is 2.33 bits per heavy atom. The molecule has 1 aromatic carbocycles. The number of nitrogens with two attached hydrogens (primary N) is 1. The van der Waals surface area contributed by atoms with Gasteiger partial charge in [-0.2, -0.15) is 0 Å². The van der Waals surface area contributed by atoms with Gasteiger partial charge in [0.1, 0.15) is 5.75 Å². The van der Waals surface area contributed by atoms with Crippen LogP contribution in [0, 0.1) is 5.92 Å². The van der Waals surface area contributed by atoms with Gasteiger partial charge in [0.25, 0.3) is 0 Å². The number of benzene rings is 1. The summed E-state index contributed by atoms with van der Waals surface area (Å²) in [5.74, 6) is 1.53. The summed E-state index contributed by atoms with van der Waals surface area (Å²) in [6.07, 6.45) is 1.22. The first-order valence-corrected chi connectivity index (χ1v) is 7.20. The molecule has 3 nitrogen and oxygen atoms in total. The molecule has 0 aliphatic carbocycles. The maximum absolute atomic E-state index is 5.96. The Hall–Kier alpha value is -0.580. The van der Waals surface area contributed by atoms with Crippen molar-refractivity contribution in [3.05, 3.63) is 28.2 Å². The highest BCUT2D eigenvalue weighted by Gasteiger charge is 2.25. The van der Waals surface area contributed by atoms with Crippen LogP contribution in [0.15, 0.2) is 22.7 Å². The van der Waals surface area contributed by atoms with Gasteiger partial charge in [0.15, 0.2) is 0 Å². The predicted octanol–water partition coefficient (Wildman–Crippen LogP) is 2.63. The second kappa shape index (κ2) is 6.04. The average Bonchev–Trinajstić information content (AvgIpc) is 2.78. The highest BCUT2D eigenvalue weighted by molar-refractivity contribution is 9.10. The first-order chi connectivity index (χ1) is 8.60. The molecule has 1 saturated heterocycles. The molecule has 2 atom stereocenters. The van der Waals surface area contributed by atoms with Crippen molar-refractivity contribution in [3.63, 3.8) is 0 Å². The van der Waals surface area contributed by atoms with Crippen LogP contribution in [0.3, 0.4) is 0 Å². The van der Waals surface area contributed by atoms with Crippen molar-refractivity contribution >= 4 is 15.9 Å². The van der Waals surface area contributed by atoms with E-state index in [0.29, 0.717) is 12.0 Å². The van der Waals surface area contributed by atoms with Gasteiger partial charge in [-0.25, -0.2) is 0 Å². The van der Waals surface area contributed by atoms with E-state index in [0.717, 1.165) is 29.9 Å². The Balaban J connectivity index is 1.96. The third-order valence-corrected chi connectivity index (χ3v) is 4.29. The quantitative estimate of drug-likeness (QED) is 0.929. The molecule has 18 heavy (non-hydrogen) atoms. The molecule has 100 valence electrons. The highest BCUT2D eigenvalue weighted by atomic mass is 79.9. The standard InChI is InChI=1S/C14H21BrN2O/c1-10(16)12-5-6-17(9-12)8-11-3-4-14(18-2)13(15)7-11/h3-4,7,10,12H,5-6,8-9,16H2,1-2H3/t10-,12+/m0/s1. The van der Waals surface area contributed by atoms with Crippen LogP contribution >= 0.6 is 15.9 Å². The molecule has 1 aliphatic rings. The number of rotatable bonds is 4. The van der Waals surface area contributed by atoms with E-state index >= 15 is 0 Å². The first kappa shape index (κ1) is 13.8. The van der Waals surface area contributed by atoms with Gasteiger partial charge >= 0.3 is 0 Å². The fraction of sp³-hybridized carbons (Fsp3) is 0.571. The molecule has 2 N–H and O–H groups in total. The van der Waals surface area contributed by atoms with E-state index in [9.17, 15) is 0 Å². The lowest BCUT2D eigenvalue weighted by molar-refractivity contribution is 0.308. The summed E-state index contributed by atoms with van der Waals surface area (Å²) in [7, 11) is 1.69. The number of hydrogen-bond acceptors (Lipinski definition) is 3. The van der Waals surface area contributed by atoms with E-state index in [1.54, 1.807) is 7.11 Å². The summed E-state index contributed by atoms with van der Waals surface area (Å²) in [4.78, 5) is 2.47. The molecule has 1 aromatic rings. The number of methoxy groups -OCH3 is 1. The fourth-order valence-electron chi connectivity index (χ4n) is 2.50. The van der Waals surface area contributed by atoms with Gasteiger partial charge in [-0.05, 0) is 59.4 Å². The van der Waals surface area contributed by atoms with Crippen LogP contribution in [0.5, 0.6) is 5.75 Å². The third-order valence-electron chi connectivity index (χ3n) is 3.67. The maximum Gasteiger partial charge on any atom is 0.133 e. The van der Waals surface area contributed by atoms with Crippen molar-refractivity contribution in [3.8, 4) is 5.75 Å². The number of nitrogens with zero attached hydrogens (tertiary/aromatic N) is 1. The molecule has 0 radical (unpaired) electrons. The van der Waals surface area contributed by atoms with Gasteiger partial charge < -0.3 is 10.5 Å². The minimum absolute atomic E-state index is 0.303. The van der Waals surface area contributed by atoms with Gasteiger partial charge in [0, 0.05) is 19.1 Å². The Morgan fingerprint density at radius 1 is 1.56 bits per heavy atom. The zero-order valence-corrected chi connectivity index (χ0v) is 12.6. The zero-order valence-electron chi connectivity index (χ0n) is 11.0. The molecule has 4 heteroatoms. The molecule has 2 rings (SSSR count). The van der Waals surface area contributed by atoms with Gasteiger partial charge in [-0.15, -0.1) is 0 Å². The fourth-order valence-corrected chi connectivity index (χ4v) is 3.09. The number of halogens is 1. The Morgan fingerprint density at radius 3 is 2.89 bits per heavy atom. The minimum Gasteiger partial charge on any atom is -0.496 e. The molecule has 0 saturated carbocycles. The summed E-state index contributed by atoms with van der Waals surface area (Å²) < 4.78 is 6.26. The summed E-state index contributed by atoms with van der Waals surface area (Å²) in [5, 5.41) is 0. The zero-order chi connectivity index (χ0) is 13.1. The van der Waals surface area contributed by atoms with Crippen molar-refractivity contribution in [2.24, 2.45) is 11.7 Å². The average molecular weight is 313 g/mol. The van der Waals surface area contributed by atoms with E-state index in [1.807, 2.05) is 6.07 Å². The summed E-state index contributed by atoms with van der Waals surface area (Å²) in [5.41, 5.74) is 7.28. The monoisotopic (exact) mass is 312 g/mol. The van der Waals surface area contributed by atoms with E-state index in [2.05, 4.69) is 39.9 Å². The van der Waals surface area contributed by atoms with Crippen molar-refractivity contribution in [2.75, 3.05) is 20.2 Å². The topological polar surface area (TPSA) is 38.5 Å². The second-order valence-corrected chi connectivity index (χ2v) is 5.97. The van der Waals surface area contributed by atoms with E-state index in [-0.39, 0.29) is 0 Å². The van der Waals surface area contributed by atoms with Crippen LogP contribution in [-0.2, 0) is 6.54 Å². The first-order valence-electron chi connectivity index (χ1n) is 6.40. The predicted molar refractivity (Wildman–Crippen MR) is 77.7 cm³/mol. The molecular formula is C14H21BrN2O. The molecule has 0 aromatic heterocycles. The molecular weight excluding hydrogens is 292 g/mol. The molecule has 1 fully saturated rings. The number of hydrogen-bond donors (Lipinski definition) is 1. The maximum atomic E-state index is 5.96. The molecule has 0 amide bonds. The lowest BCUT2D eigenvalue weighted by Crippen LogP contribution is -2.29. The third kappa shape index (κ3) is 3.25. The van der Waals surface area contributed by atoms with Gasteiger partial charge in [0.05, 0.1) is 11.6 Å². The summed E-state index contributed by atoms with van der Waals surface area (Å²) in [6.45, 7) is 5.36. The Bertz CT molecular complexity index is 409. The smallest absolute Gasteiger partial charge is 0.133 e. The van der Waals surface area contributed by atoms with Crippen molar-refractivity contribution in [1.82, 2.24) is 4.90 Å². The normalized spacial score (nSPS) is 22.1. The minimum atomic E-state index is 0.303. The molecule has 0 unspecified atom stereocenters. The largest absolute Gasteiger partial charge is 0.496 e. The van der Waals surface area contributed by atoms with Crippen LogP contribution in [0.2, 0.25) is 0 Å². The molecule has 1 heterocycles. The van der Waals surface area contributed by atoms with Gasteiger partial charge in [-0.1, -0.05) is 6.07 Å². The SMILES string of the molecule is COc1ccc(CN2CC[C@@H]([C@H](C)N)C2)cc1Br. The van der Waals surface area contributed by atoms with Crippen LogP contribution in [0.1, 0.15) is 18.9 Å².